The summed E-state index contributed by atoms with van der Waals surface area (Å²) in [6, 6.07) is 16.1. The Morgan fingerprint density at radius 1 is 0.946 bits per heavy atom. The fourth-order valence-corrected chi connectivity index (χ4v) is 4.39. The molecular formula is C28H24F2N4O3. The van der Waals surface area contributed by atoms with E-state index in [1.165, 1.54) is 0 Å². The Morgan fingerprint density at radius 2 is 1.65 bits per heavy atom. The third kappa shape index (κ3) is 5.35. The van der Waals surface area contributed by atoms with Gasteiger partial charge in [0.1, 0.15) is 23.2 Å². The van der Waals surface area contributed by atoms with E-state index in [2.05, 4.69) is 10.3 Å². The summed E-state index contributed by atoms with van der Waals surface area (Å²) < 4.78 is 34.0. The van der Waals surface area contributed by atoms with E-state index in [0.29, 0.717) is 16.6 Å². The molecule has 0 aliphatic carbocycles. The largest absolute Gasteiger partial charge is 0.476 e. The van der Waals surface area contributed by atoms with Crippen LogP contribution >= 0.6 is 0 Å². The van der Waals surface area contributed by atoms with Gasteiger partial charge in [-0.1, -0.05) is 6.07 Å². The van der Waals surface area contributed by atoms with Crippen molar-refractivity contribution in [2.75, 3.05) is 24.1 Å². The van der Waals surface area contributed by atoms with Gasteiger partial charge < -0.3 is 20.7 Å². The van der Waals surface area contributed by atoms with Gasteiger partial charge in [-0.2, -0.15) is 0 Å². The number of pyridine rings is 1. The molecular weight excluding hydrogens is 478 g/mol. The van der Waals surface area contributed by atoms with E-state index in [1.807, 2.05) is 0 Å². The molecule has 0 radical (unpaired) electrons. The molecule has 0 spiro atoms. The van der Waals surface area contributed by atoms with Crippen LogP contribution in [-0.2, 0) is 4.79 Å². The summed E-state index contributed by atoms with van der Waals surface area (Å²) in [6.07, 6.45) is 2.17. The van der Waals surface area contributed by atoms with E-state index in [1.54, 1.807) is 59.6 Å². The highest BCUT2D eigenvalue weighted by Crippen LogP contribution is 2.29. The van der Waals surface area contributed by atoms with Gasteiger partial charge in [-0.05, 0) is 72.8 Å². The topological polar surface area (TPSA) is 97.5 Å². The molecule has 4 aromatic rings. The first kappa shape index (κ1) is 24.2. The lowest BCUT2D eigenvalue weighted by Gasteiger charge is -2.20. The summed E-state index contributed by atoms with van der Waals surface area (Å²) in [5.41, 5.74) is 6.88. The summed E-state index contributed by atoms with van der Waals surface area (Å²) in [6.45, 7) is 1.47. The number of fused-ring (bicyclic) bond motifs is 1. The molecule has 1 fully saturated rings. The predicted molar refractivity (Wildman–Crippen MR) is 136 cm³/mol. The van der Waals surface area contributed by atoms with Crippen LogP contribution in [0.2, 0.25) is 0 Å². The Bertz CT molecular complexity index is 1450. The highest BCUT2D eigenvalue weighted by molar-refractivity contribution is 5.97. The summed E-state index contributed by atoms with van der Waals surface area (Å²) >= 11 is 0. The summed E-state index contributed by atoms with van der Waals surface area (Å²) in [5, 5.41) is 4.15. The average Bonchev–Trinajstić information content (AvgIpc) is 3.42. The normalized spacial score (nSPS) is 13.9. The first-order valence-corrected chi connectivity index (χ1v) is 11.8. The molecule has 5 rings (SSSR count). The Balaban J connectivity index is 1.40. The monoisotopic (exact) mass is 502 g/mol. The molecule has 37 heavy (non-hydrogen) atoms. The predicted octanol–water partition coefficient (Wildman–Crippen LogP) is 5.09. The van der Waals surface area contributed by atoms with E-state index in [4.69, 9.17) is 10.5 Å². The lowest BCUT2D eigenvalue weighted by molar-refractivity contribution is -0.123. The average molecular weight is 503 g/mol. The standard InChI is InChI=1S/C28H24F2N4O3/c29-20-13-19(14-21(30)15-20)25(37-23-8-5-17-9-10-32-26(31)24(17)16-23)27(35)33-22-6-3-18(4-7-22)28(36)34-11-1-2-12-34/h3-10,13-16,25H,1-2,11-12H2,(H2,31,32)(H,33,35). The Morgan fingerprint density at radius 3 is 2.35 bits per heavy atom. The van der Waals surface area contributed by atoms with Gasteiger partial charge in [0.25, 0.3) is 11.8 Å². The number of hydrogen-bond donors (Lipinski definition) is 2. The first-order chi connectivity index (χ1) is 17.9. The van der Waals surface area contributed by atoms with Crippen molar-refractivity contribution in [2.45, 2.75) is 18.9 Å². The van der Waals surface area contributed by atoms with Gasteiger partial charge in [0, 0.05) is 47.6 Å². The van der Waals surface area contributed by atoms with Crippen LogP contribution in [0.15, 0.2) is 72.9 Å². The van der Waals surface area contributed by atoms with Gasteiger partial charge in [-0.15, -0.1) is 0 Å². The SMILES string of the molecule is Nc1nccc2ccc(OC(C(=O)Nc3ccc(C(=O)N4CCCC4)cc3)c3cc(F)cc(F)c3)cc12. The van der Waals surface area contributed by atoms with Crippen molar-refractivity contribution in [3.8, 4) is 5.75 Å². The van der Waals surface area contributed by atoms with Gasteiger partial charge >= 0.3 is 0 Å². The van der Waals surface area contributed by atoms with Crippen molar-refractivity contribution >= 4 is 34.1 Å². The number of nitrogens with two attached hydrogens (primary N) is 1. The second-order valence-corrected chi connectivity index (χ2v) is 8.85. The number of amides is 2. The fraction of sp³-hybridized carbons (Fsp3) is 0.179. The van der Waals surface area contributed by atoms with Gasteiger partial charge in [-0.3, -0.25) is 9.59 Å². The van der Waals surface area contributed by atoms with E-state index in [0.717, 1.165) is 49.5 Å². The molecule has 1 aliphatic rings. The Hall–Kier alpha value is -4.53. The zero-order chi connectivity index (χ0) is 25.9. The molecule has 1 aliphatic heterocycles. The van der Waals surface area contributed by atoms with Gasteiger partial charge in [0.05, 0.1) is 0 Å². The summed E-state index contributed by atoms with van der Waals surface area (Å²) in [4.78, 5) is 31.8. The van der Waals surface area contributed by atoms with Gasteiger partial charge in [-0.25, -0.2) is 13.8 Å². The minimum atomic E-state index is -1.38. The Kier molecular flexibility index (Phi) is 6.68. The van der Waals surface area contributed by atoms with Crippen LogP contribution in [0.5, 0.6) is 5.75 Å². The van der Waals surface area contributed by atoms with Crippen molar-refractivity contribution < 1.29 is 23.1 Å². The number of anilines is 2. The number of carbonyl (C=O) groups is 2. The first-order valence-electron chi connectivity index (χ1n) is 11.8. The van der Waals surface area contributed by atoms with Crippen LogP contribution in [0.1, 0.15) is 34.9 Å². The van der Waals surface area contributed by atoms with Crippen molar-refractivity contribution in [3.63, 3.8) is 0 Å². The molecule has 1 saturated heterocycles. The van der Waals surface area contributed by atoms with Crippen LogP contribution in [0.3, 0.4) is 0 Å². The molecule has 0 bridgehead atoms. The molecule has 2 amide bonds. The molecule has 3 N–H and O–H groups in total. The van der Waals surface area contributed by atoms with E-state index < -0.39 is 23.6 Å². The molecule has 1 atom stereocenters. The number of rotatable bonds is 6. The smallest absolute Gasteiger partial charge is 0.270 e. The minimum absolute atomic E-state index is 0.00455. The van der Waals surface area contributed by atoms with E-state index >= 15 is 0 Å². The number of aromatic nitrogens is 1. The van der Waals surface area contributed by atoms with Gasteiger partial charge in [0.15, 0.2) is 0 Å². The maximum atomic E-state index is 14.0. The number of nitrogen functional groups attached to an aromatic ring is 1. The highest BCUT2D eigenvalue weighted by atomic mass is 19.1. The molecule has 0 saturated carbocycles. The number of ether oxygens (including phenoxy) is 1. The Labute approximate surface area is 211 Å². The number of hydrogen-bond acceptors (Lipinski definition) is 5. The maximum absolute atomic E-state index is 14.0. The third-order valence-corrected chi connectivity index (χ3v) is 6.24. The molecule has 9 heteroatoms. The fourth-order valence-electron chi connectivity index (χ4n) is 4.39. The van der Waals surface area contributed by atoms with Crippen molar-refractivity contribution in [2.24, 2.45) is 0 Å². The number of benzene rings is 3. The number of nitrogens with zero attached hydrogens (tertiary/aromatic N) is 2. The van der Waals surface area contributed by atoms with Crippen LogP contribution in [0.4, 0.5) is 20.3 Å². The number of likely N-dealkylation sites (tertiary alicyclic amines) is 1. The number of nitrogens with one attached hydrogen (secondary N) is 1. The van der Waals surface area contributed by atoms with Crippen LogP contribution in [0.25, 0.3) is 10.8 Å². The summed E-state index contributed by atoms with van der Waals surface area (Å²) in [7, 11) is 0. The molecule has 2 heterocycles. The van der Waals surface area contributed by atoms with Crippen LogP contribution in [0, 0.1) is 11.6 Å². The zero-order valence-electron chi connectivity index (χ0n) is 19.8. The molecule has 1 aromatic heterocycles. The van der Waals surface area contributed by atoms with Crippen molar-refractivity contribution in [3.05, 3.63) is 95.7 Å². The lowest BCUT2D eigenvalue weighted by Crippen LogP contribution is -2.28. The molecule has 1 unspecified atom stereocenters. The second kappa shape index (κ2) is 10.2. The maximum Gasteiger partial charge on any atom is 0.270 e. The van der Waals surface area contributed by atoms with E-state index in [9.17, 15) is 18.4 Å². The lowest BCUT2D eigenvalue weighted by atomic mass is 10.1. The molecule has 188 valence electrons. The van der Waals surface area contributed by atoms with Gasteiger partial charge in [0.2, 0.25) is 6.10 Å². The minimum Gasteiger partial charge on any atom is -0.476 e. The van der Waals surface area contributed by atoms with Crippen LogP contribution in [-0.4, -0.2) is 34.8 Å². The summed E-state index contributed by atoms with van der Waals surface area (Å²) in [5.74, 6) is -1.84. The quantitative estimate of drug-likeness (QED) is 0.383. The highest BCUT2D eigenvalue weighted by Gasteiger charge is 2.25. The number of carbonyl (C=O) groups excluding carboxylic acids is 2. The zero-order valence-corrected chi connectivity index (χ0v) is 19.8. The van der Waals surface area contributed by atoms with Crippen molar-refractivity contribution in [1.29, 1.82) is 0 Å². The van der Waals surface area contributed by atoms with Crippen molar-refractivity contribution in [1.82, 2.24) is 9.88 Å². The molecule has 3 aromatic carbocycles. The van der Waals surface area contributed by atoms with E-state index in [-0.39, 0.29) is 23.0 Å². The second-order valence-electron chi connectivity index (χ2n) is 8.85. The molecule has 7 nitrogen and oxygen atoms in total. The number of halogens is 2. The third-order valence-electron chi connectivity index (χ3n) is 6.24. The van der Waals surface area contributed by atoms with Crippen LogP contribution < -0.4 is 15.8 Å².